The van der Waals surface area contributed by atoms with Gasteiger partial charge in [-0.3, -0.25) is 0 Å². The molecule has 0 atom stereocenters. The van der Waals surface area contributed by atoms with E-state index in [4.69, 9.17) is 9.47 Å². The highest BCUT2D eigenvalue weighted by Crippen LogP contribution is 2.10. The third kappa shape index (κ3) is 5.64. The number of ether oxygens (including phenoxy) is 2. The van der Waals surface area contributed by atoms with Crippen molar-refractivity contribution in [1.82, 2.24) is 0 Å². The van der Waals surface area contributed by atoms with Gasteiger partial charge in [-0.25, -0.2) is 0 Å². The summed E-state index contributed by atoms with van der Waals surface area (Å²) in [6.45, 7) is 1.10. The molecule has 0 fully saturated rings. The van der Waals surface area contributed by atoms with Gasteiger partial charge in [0.2, 0.25) is 0 Å². The summed E-state index contributed by atoms with van der Waals surface area (Å²) in [4.78, 5) is 0. The minimum absolute atomic E-state index is 0. The molecule has 0 unspecified atom stereocenters. The molecule has 0 radical (unpaired) electrons. The van der Waals surface area contributed by atoms with E-state index in [1.807, 2.05) is 60.7 Å². The smallest absolute Gasteiger partial charge is 0.153 e. The molecule has 0 aliphatic carbocycles. The van der Waals surface area contributed by atoms with Crippen molar-refractivity contribution in [2.75, 3.05) is 13.2 Å². The summed E-state index contributed by atoms with van der Waals surface area (Å²) < 4.78 is 11.2. The van der Waals surface area contributed by atoms with Crippen LogP contribution in [-0.2, 0) is 0 Å². The van der Waals surface area contributed by atoms with Crippen molar-refractivity contribution in [3.8, 4) is 11.5 Å². The zero-order valence-electron chi connectivity index (χ0n) is 10.7. The third-order valence-electron chi connectivity index (χ3n) is 2.46. The molecule has 19 heavy (non-hydrogen) atoms. The van der Waals surface area contributed by atoms with E-state index in [1.54, 1.807) is 0 Å². The Hall–Kier alpha value is -1.71. The molecule has 3 nitrogen and oxygen atoms in total. The largest absolute Gasteiger partial charge is 1.00 e. The molecule has 0 heterocycles. The molecule has 0 saturated carbocycles. The minimum Gasteiger partial charge on any atom is -1.00 e. The zero-order chi connectivity index (χ0) is 12.6. The van der Waals surface area contributed by atoms with Crippen molar-refractivity contribution in [2.24, 2.45) is 0 Å². The van der Waals surface area contributed by atoms with Crippen molar-refractivity contribution in [1.29, 1.82) is 0 Å². The Kier molecular flexibility index (Phi) is 6.79. The summed E-state index contributed by atoms with van der Waals surface area (Å²) in [6, 6.07) is 19.6. The lowest BCUT2D eigenvalue weighted by molar-refractivity contribution is -0.427. The molecule has 0 aliphatic heterocycles. The van der Waals surface area contributed by atoms with E-state index in [9.17, 15) is 0 Å². The van der Waals surface area contributed by atoms with E-state index in [1.165, 1.54) is 0 Å². The van der Waals surface area contributed by atoms with Gasteiger partial charge in [-0.2, -0.15) is 0 Å². The van der Waals surface area contributed by atoms with Gasteiger partial charge < -0.3 is 27.6 Å². The van der Waals surface area contributed by atoms with Crippen molar-refractivity contribution in [3.63, 3.8) is 0 Å². The summed E-state index contributed by atoms with van der Waals surface area (Å²) in [5.74, 6) is 1.73. The molecule has 0 aromatic heterocycles. The van der Waals surface area contributed by atoms with Crippen LogP contribution in [0.1, 0.15) is 0 Å². The third-order valence-corrected chi connectivity index (χ3v) is 2.46. The van der Waals surface area contributed by atoms with E-state index in [0.717, 1.165) is 11.5 Å². The average Bonchev–Trinajstić information content (AvgIpc) is 2.45. The molecule has 0 spiro atoms. The van der Waals surface area contributed by atoms with Crippen LogP contribution in [-0.4, -0.2) is 19.3 Å². The number of quaternary nitrogens is 1. The van der Waals surface area contributed by atoms with Crippen molar-refractivity contribution in [3.05, 3.63) is 60.7 Å². The zero-order valence-corrected chi connectivity index (χ0v) is 11.4. The predicted octanol–water partition coefficient (Wildman–Crippen LogP) is -1.24. The fourth-order valence-electron chi connectivity index (χ4n) is 1.51. The highest BCUT2D eigenvalue weighted by Gasteiger charge is 2.08. The number of benzene rings is 2. The molecule has 102 valence electrons. The lowest BCUT2D eigenvalue weighted by Gasteiger charge is -2.12. The number of para-hydroxylation sites is 2. The highest BCUT2D eigenvalue weighted by molar-refractivity contribution is 5.21. The summed E-state index contributed by atoms with van der Waals surface area (Å²) in [5.41, 5.74) is 4.02. The molecule has 4 heteroatoms. The Morgan fingerprint density at radius 2 is 1.11 bits per heavy atom. The standard InChI is InChI=1S/C15H17NO2.ClH/c16-13(11-17-14-7-3-1-4-8-14)12-18-15-9-5-2-6-10-15;/h1-10,13H,11-12,16H2;1H. The average molecular weight is 280 g/mol. The van der Waals surface area contributed by atoms with Crippen LogP contribution in [0.5, 0.6) is 11.5 Å². The summed E-state index contributed by atoms with van der Waals surface area (Å²) >= 11 is 0. The van der Waals surface area contributed by atoms with Crippen molar-refractivity contribution < 1.29 is 27.6 Å². The molecule has 0 bridgehead atoms. The fraction of sp³-hybridized carbons (Fsp3) is 0.200. The van der Waals surface area contributed by atoms with Gasteiger partial charge in [-0.15, -0.1) is 0 Å². The second-order valence-electron chi connectivity index (χ2n) is 4.11. The van der Waals surface area contributed by atoms with Crippen LogP contribution in [0.15, 0.2) is 60.7 Å². The quantitative estimate of drug-likeness (QED) is 0.719. The van der Waals surface area contributed by atoms with Crippen molar-refractivity contribution in [2.45, 2.75) is 6.04 Å². The van der Waals surface area contributed by atoms with Gasteiger partial charge in [0, 0.05) is 0 Å². The fourth-order valence-corrected chi connectivity index (χ4v) is 1.51. The lowest BCUT2D eigenvalue weighted by Crippen LogP contribution is -3.00. The first-order chi connectivity index (χ1) is 8.84. The number of hydrogen-bond donors (Lipinski definition) is 1. The normalized spacial score (nSPS) is 9.79. The molecule has 2 aromatic carbocycles. The first kappa shape index (κ1) is 15.3. The Labute approximate surface area is 119 Å². The van der Waals surface area contributed by atoms with Crippen LogP contribution in [0, 0.1) is 0 Å². The van der Waals surface area contributed by atoms with E-state index < -0.39 is 0 Å². The maximum absolute atomic E-state index is 5.61. The van der Waals surface area contributed by atoms with Crippen LogP contribution in [0.25, 0.3) is 0 Å². The minimum atomic E-state index is 0. The predicted molar refractivity (Wildman–Crippen MR) is 70.6 cm³/mol. The molecule has 2 aromatic rings. The van der Waals surface area contributed by atoms with Gasteiger partial charge in [0.05, 0.1) is 0 Å². The van der Waals surface area contributed by atoms with Gasteiger partial charge in [0.15, 0.2) is 6.04 Å². The van der Waals surface area contributed by atoms with Gasteiger partial charge in [-0.05, 0) is 24.3 Å². The number of halogens is 1. The van der Waals surface area contributed by atoms with Gasteiger partial charge in [-0.1, -0.05) is 36.4 Å². The maximum atomic E-state index is 5.61. The second-order valence-corrected chi connectivity index (χ2v) is 4.11. The second kappa shape index (κ2) is 8.40. The first-order valence-corrected chi connectivity index (χ1v) is 6.03. The summed E-state index contributed by atoms with van der Waals surface area (Å²) in [6.07, 6.45) is 0. The topological polar surface area (TPSA) is 46.1 Å². The van der Waals surface area contributed by atoms with Gasteiger partial charge >= 0.3 is 0 Å². The summed E-state index contributed by atoms with van der Waals surface area (Å²) in [5, 5.41) is 0. The van der Waals surface area contributed by atoms with E-state index in [0.29, 0.717) is 13.2 Å². The van der Waals surface area contributed by atoms with E-state index >= 15 is 0 Å². The van der Waals surface area contributed by atoms with Crippen LogP contribution in [0.4, 0.5) is 0 Å². The molecule has 0 amide bonds. The molecular formula is C15H18ClNO2. The number of rotatable bonds is 6. The van der Waals surface area contributed by atoms with E-state index in [2.05, 4.69) is 5.73 Å². The van der Waals surface area contributed by atoms with Gasteiger partial charge in [0.25, 0.3) is 0 Å². The van der Waals surface area contributed by atoms with Crippen LogP contribution in [0.3, 0.4) is 0 Å². The Bertz CT molecular complexity index is 407. The monoisotopic (exact) mass is 279 g/mol. The number of hydrogen-bond acceptors (Lipinski definition) is 2. The molecular weight excluding hydrogens is 262 g/mol. The van der Waals surface area contributed by atoms with Crippen LogP contribution >= 0.6 is 0 Å². The Balaban J connectivity index is 0.00000180. The van der Waals surface area contributed by atoms with Crippen LogP contribution < -0.4 is 27.6 Å². The lowest BCUT2D eigenvalue weighted by atomic mass is 10.3. The SMILES string of the molecule is [Cl-].[NH3+]C(COc1ccccc1)COc1ccccc1. The Morgan fingerprint density at radius 1 is 0.737 bits per heavy atom. The molecule has 3 N–H and O–H groups in total. The van der Waals surface area contributed by atoms with Gasteiger partial charge in [0.1, 0.15) is 24.7 Å². The molecule has 2 rings (SSSR count). The van der Waals surface area contributed by atoms with Crippen molar-refractivity contribution >= 4 is 0 Å². The molecule has 0 aliphatic rings. The Morgan fingerprint density at radius 3 is 1.47 bits per heavy atom. The maximum Gasteiger partial charge on any atom is 0.153 e. The summed E-state index contributed by atoms with van der Waals surface area (Å²) in [7, 11) is 0. The highest BCUT2D eigenvalue weighted by atomic mass is 35.5. The molecule has 0 saturated heterocycles. The van der Waals surface area contributed by atoms with Crippen LogP contribution in [0.2, 0.25) is 0 Å². The van der Waals surface area contributed by atoms with E-state index in [-0.39, 0.29) is 18.4 Å². The first-order valence-electron chi connectivity index (χ1n) is 6.03.